The van der Waals surface area contributed by atoms with Crippen LogP contribution in [0.3, 0.4) is 0 Å². The number of halogens is 2. The quantitative estimate of drug-likeness (QED) is 0.630. The van der Waals surface area contributed by atoms with Crippen molar-refractivity contribution in [1.29, 1.82) is 0 Å². The van der Waals surface area contributed by atoms with Gasteiger partial charge < -0.3 is 4.74 Å². The molecule has 0 amide bonds. The van der Waals surface area contributed by atoms with Crippen LogP contribution in [-0.2, 0) is 12.8 Å². The second-order valence-corrected chi connectivity index (χ2v) is 5.66. The van der Waals surface area contributed by atoms with E-state index in [-0.39, 0.29) is 6.04 Å². The summed E-state index contributed by atoms with van der Waals surface area (Å²) in [6.07, 6.45) is 1.43. The van der Waals surface area contributed by atoms with Gasteiger partial charge in [-0.25, -0.2) is 0 Å². The van der Waals surface area contributed by atoms with Crippen LogP contribution in [0.2, 0.25) is 10.0 Å². The Balaban J connectivity index is 2.15. The molecule has 0 radical (unpaired) electrons. The van der Waals surface area contributed by atoms with E-state index in [4.69, 9.17) is 33.8 Å². The molecule has 0 aliphatic carbocycles. The number of para-hydroxylation sites is 1. The summed E-state index contributed by atoms with van der Waals surface area (Å²) in [4.78, 5) is 0. The highest BCUT2D eigenvalue weighted by molar-refractivity contribution is 6.33. The molecule has 21 heavy (non-hydrogen) atoms. The zero-order valence-electron chi connectivity index (χ0n) is 11.8. The van der Waals surface area contributed by atoms with Gasteiger partial charge in [-0.15, -0.1) is 0 Å². The van der Waals surface area contributed by atoms with Crippen molar-refractivity contribution >= 4 is 23.2 Å². The maximum absolute atomic E-state index is 6.21. The van der Waals surface area contributed by atoms with E-state index < -0.39 is 0 Å². The molecule has 0 heterocycles. The predicted octanol–water partition coefficient (Wildman–Crippen LogP) is 3.62. The number of hydrazine groups is 1. The smallest absolute Gasteiger partial charge is 0.122 e. The van der Waals surface area contributed by atoms with Gasteiger partial charge in [0.1, 0.15) is 5.75 Å². The molecule has 112 valence electrons. The van der Waals surface area contributed by atoms with Crippen LogP contribution in [-0.4, -0.2) is 13.2 Å². The lowest BCUT2D eigenvalue weighted by Gasteiger charge is -2.18. The summed E-state index contributed by atoms with van der Waals surface area (Å²) in [5, 5.41) is 1.36. The molecule has 2 aromatic rings. The number of methoxy groups -OCH3 is 1. The molecule has 3 nitrogen and oxygen atoms in total. The number of hydrogen-bond donors (Lipinski definition) is 2. The third kappa shape index (κ3) is 4.35. The van der Waals surface area contributed by atoms with Gasteiger partial charge in [0.15, 0.2) is 0 Å². The van der Waals surface area contributed by atoms with Gasteiger partial charge in [-0.1, -0.05) is 41.4 Å². The predicted molar refractivity (Wildman–Crippen MR) is 88.0 cm³/mol. The summed E-state index contributed by atoms with van der Waals surface area (Å²) < 4.78 is 5.37. The van der Waals surface area contributed by atoms with Gasteiger partial charge in [0, 0.05) is 16.1 Å². The van der Waals surface area contributed by atoms with Crippen LogP contribution in [0.1, 0.15) is 11.1 Å². The highest BCUT2D eigenvalue weighted by Gasteiger charge is 2.14. The normalized spacial score (nSPS) is 12.2. The summed E-state index contributed by atoms with van der Waals surface area (Å²) in [6.45, 7) is 0. The highest BCUT2D eigenvalue weighted by Crippen LogP contribution is 2.24. The molecule has 0 saturated carbocycles. The summed E-state index contributed by atoms with van der Waals surface area (Å²) in [6, 6.07) is 13.4. The lowest BCUT2D eigenvalue weighted by molar-refractivity contribution is 0.404. The van der Waals surface area contributed by atoms with Crippen LogP contribution in [0.4, 0.5) is 0 Å². The average Bonchev–Trinajstić information content (AvgIpc) is 2.50. The lowest BCUT2D eigenvalue weighted by Crippen LogP contribution is -2.38. The largest absolute Gasteiger partial charge is 0.496 e. The molecule has 0 spiro atoms. The van der Waals surface area contributed by atoms with E-state index in [2.05, 4.69) is 5.43 Å². The molecular formula is C16H18Cl2N2O. The molecule has 0 fully saturated rings. The number of nitrogens with two attached hydrogens (primary N) is 1. The molecular weight excluding hydrogens is 307 g/mol. The van der Waals surface area contributed by atoms with Crippen LogP contribution in [0, 0.1) is 0 Å². The van der Waals surface area contributed by atoms with Crippen LogP contribution in [0.15, 0.2) is 42.5 Å². The number of rotatable bonds is 6. The highest BCUT2D eigenvalue weighted by atomic mass is 35.5. The first-order chi connectivity index (χ1) is 10.1. The van der Waals surface area contributed by atoms with Gasteiger partial charge >= 0.3 is 0 Å². The van der Waals surface area contributed by atoms with Crippen molar-refractivity contribution in [3.05, 3.63) is 63.6 Å². The Morgan fingerprint density at radius 1 is 1.10 bits per heavy atom. The Morgan fingerprint density at radius 2 is 1.81 bits per heavy atom. The summed E-state index contributed by atoms with van der Waals surface area (Å²) in [5.74, 6) is 6.54. The van der Waals surface area contributed by atoms with Crippen molar-refractivity contribution in [2.45, 2.75) is 18.9 Å². The Morgan fingerprint density at radius 3 is 2.52 bits per heavy atom. The van der Waals surface area contributed by atoms with Gasteiger partial charge in [0.25, 0.3) is 0 Å². The summed E-state index contributed by atoms with van der Waals surface area (Å²) >= 11 is 12.2. The number of hydrogen-bond acceptors (Lipinski definition) is 3. The van der Waals surface area contributed by atoms with E-state index in [0.29, 0.717) is 16.5 Å². The van der Waals surface area contributed by atoms with Gasteiger partial charge in [0.05, 0.1) is 7.11 Å². The van der Waals surface area contributed by atoms with Crippen molar-refractivity contribution in [2.24, 2.45) is 5.84 Å². The van der Waals surface area contributed by atoms with Crippen molar-refractivity contribution in [3.8, 4) is 5.75 Å². The first-order valence-electron chi connectivity index (χ1n) is 6.66. The molecule has 1 atom stereocenters. The third-order valence-corrected chi connectivity index (χ3v) is 3.97. The van der Waals surface area contributed by atoms with E-state index in [1.165, 1.54) is 0 Å². The SMILES string of the molecule is COc1ccccc1CC(Cc1cc(Cl)ccc1Cl)NN. The molecule has 0 aliphatic rings. The number of nitrogens with one attached hydrogen (secondary N) is 1. The van der Waals surface area contributed by atoms with Crippen LogP contribution >= 0.6 is 23.2 Å². The van der Waals surface area contributed by atoms with E-state index in [1.807, 2.05) is 30.3 Å². The molecule has 1 unspecified atom stereocenters. The van der Waals surface area contributed by atoms with Crippen LogP contribution in [0.25, 0.3) is 0 Å². The van der Waals surface area contributed by atoms with E-state index >= 15 is 0 Å². The van der Waals surface area contributed by atoms with Crippen molar-refractivity contribution in [2.75, 3.05) is 7.11 Å². The molecule has 3 N–H and O–H groups in total. The topological polar surface area (TPSA) is 47.3 Å². The first kappa shape index (κ1) is 16.1. The van der Waals surface area contributed by atoms with Gasteiger partial charge in [0.2, 0.25) is 0 Å². The molecule has 5 heteroatoms. The molecule has 0 aromatic heterocycles. The average molecular weight is 325 g/mol. The Hall–Kier alpha value is -1.26. The van der Waals surface area contributed by atoms with Gasteiger partial charge in [-0.05, 0) is 48.2 Å². The molecule has 0 bridgehead atoms. The fourth-order valence-electron chi connectivity index (χ4n) is 2.29. The second kappa shape index (κ2) is 7.66. The minimum Gasteiger partial charge on any atom is -0.496 e. The van der Waals surface area contributed by atoms with E-state index in [9.17, 15) is 0 Å². The fourth-order valence-corrected chi connectivity index (χ4v) is 2.68. The third-order valence-electron chi connectivity index (χ3n) is 3.37. The van der Waals surface area contributed by atoms with Crippen molar-refractivity contribution in [3.63, 3.8) is 0 Å². The summed E-state index contributed by atoms with van der Waals surface area (Å²) in [7, 11) is 1.66. The van der Waals surface area contributed by atoms with E-state index in [1.54, 1.807) is 19.2 Å². The molecule has 2 rings (SSSR count). The fraction of sp³-hybridized carbons (Fsp3) is 0.250. The number of ether oxygens (including phenoxy) is 1. The minimum absolute atomic E-state index is 0.0391. The monoisotopic (exact) mass is 324 g/mol. The van der Waals surface area contributed by atoms with Gasteiger partial charge in [-0.2, -0.15) is 0 Å². The minimum atomic E-state index is 0.0391. The molecule has 2 aromatic carbocycles. The van der Waals surface area contributed by atoms with Crippen molar-refractivity contribution in [1.82, 2.24) is 5.43 Å². The Labute approximate surface area is 135 Å². The maximum atomic E-state index is 6.21. The van der Waals surface area contributed by atoms with Crippen LogP contribution in [0.5, 0.6) is 5.75 Å². The first-order valence-corrected chi connectivity index (χ1v) is 7.41. The number of benzene rings is 2. The molecule has 0 aliphatic heterocycles. The lowest BCUT2D eigenvalue weighted by atomic mass is 9.99. The standard InChI is InChI=1S/C16H18Cl2N2O/c1-21-16-5-3-2-4-11(16)9-14(20-19)10-12-8-13(17)6-7-15(12)18/h2-8,14,20H,9-10,19H2,1H3. The second-order valence-electron chi connectivity index (χ2n) is 4.82. The van der Waals surface area contributed by atoms with E-state index in [0.717, 1.165) is 23.3 Å². The maximum Gasteiger partial charge on any atom is 0.122 e. The van der Waals surface area contributed by atoms with Crippen LogP contribution < -0.4 is 16.0 Å². The Kier molecular flexibility index (Phi) is 5.88. The summed E-state index contributed by atoms with van der Waals surface area (Å²) in [5.41, 5.74) is 4.91. The van der Waals surface area contributed by atoms with Crippen molar-refractivity contribution < 1.29 is 4.74 Å². The Bertz CT molecular complexity index is 605. The van der Waals surface area contributed by atoms with Gasteiger partial charge in [-0.3, -0.25) is 11.3 Å². The zero-order chi connectivity index (χ0) is 15.2. The molecule has 0 saturated heterocycles. The zero-order valence-corrected chi connectivity index (χ0v) is 13.3.